The Hall–Kier alpha value is -1.17. The van der Waals surface area contributed by atoms with Gasteiger partial charge in [0.2, 0.25) is 0 Å². The number of ether oxygens (including phenoxy) is 1. The van der Waals surface area contributed by atoms with Crippen molar-refractivity contribution >= 4 is 17.3 Å². The van der Waals surface area contributed by atoms with Gasteiger partial charge < -0.3 is 10.5 Å². The summed E-state index contributed by atoms with van der Waals surface area (Å²) in [7, 11) is 0. The van der Waals surface area contributed by atoms with Crippen LogP contribution >= 0.6 is 11.6 Å². The summed E-state index contributed by atoms with van der Waals surface area (Å²) in [5.74, 6) is -0.532. The van der Waals surface area contributed by atoms with E-state index in [9.17, 15) is 13.2 Å². The van der Waals surface area contributed by atoms with Crippen LogP contribution in [-0.4, -0.2) is 11.3 Å². The maximum absolute atomic E-state index is 11.8. The Balaban J connectivity index is 3.09. The second-order valence-corrected chi connectivity index (χ2v) is 2.88. The average Bonchev–Trinajstić information content (AvgIpc) is 1.96. The third-order valence-electron chi connectivity index (χ3n) is 1.41. The zero-order valence-electron chi connectivity index (χ0n) is 7.02. The Kier molecular flexibility index (Phi) is 2.75. The number of nitrogen functional groups attached to an aromatic ring is 1. The van der Waals surface area contributed by atoms with Gasteiger partial charge in [-0.05, 0) is 6.92 Å². The summed E-state index contributed by atoms with van der Waals surface area (Å²) in [4.78, 5) is 3.66. The second kappa shape index (κ2) is 3.53. The molecular formula is C7H6ClF3N2O. The molecule has 0 atom stereocenters. The zero-order valence-corrected chi connectivity index (χ0v) is 7.78. The van der Waals surface area contributed by atoms with E-state index in [0.717, 1.165) is 6.07 Å². The van der Waals surface area contributed by atoms with Gasteiger partial charge in [0.15, 0.2) is 5.75 Å². The number of aryl methyl sites for hydroxylation is 1. The van der Waals surface area contributed by atoms with Gasteiger partial charge in [0.1, 0.15) is 5.15 Å². The van der Waals surface area contributed by atoms with Crippen molar-refractivity contribution in [1.29, 1.82) is 0 Å². The SMILES string of the molecule is Cc1nc(Cl)cc(OC(F)(F)F)c1N. The van der Waals surface area contributed by atoms with Crippen molar-refractivity contribution in [1.82, 2.24) is 4.98 Å². The molecule has 1 heterocycles. The molecule has 0 bridgehead atoms. The Morgan fingerprint density at radius 3 is 2.57 bits per heavy atom. The molecule has 0 aliphatic carbocycles. The van der Waals surface area contributed by atoms with Crippen molar-refractivity contribution < 1.29 is 17.9 Å². The average molecular weight is 227 g/mol. The van der Waals surface area contributed by atoms with Gasteiger partial charge in [0.25, 0.3) is 0 Å². The third-order valence-corrected chi connectivity index (χ3v) is 1.60. The molecule has 0 aromatic carbocycles. The highest BCUT2D eigenvalue weighted by Crippen LogP contribution is 2.31. The van der Waals surface area contributed by atoms with Crippen molar-refractivity contribution in [3.63, 3.8) is 0 Å². The first kappa shape index (κ1) is 10.9. The van der Waals surface area contributed by atoms with Crippen LogP contribution in [0.25, 0.3) is 0 Å². The summed E-state index contributed by atoms with van der Waals surface area (Å²) in [6.07, 6.45) is -4.79. The van der Waals surface area contributed by atoms with Gasteiger partial charge in [-0.2, -0.15) is 0 Å². The van der Waals surface area contributed by atoms with Crippen LogP contribution in [0.15, 0.2) is 6.07 Å². The number of halogens is 4. The molecule has 0 unspecified atom stereocenters. The van der Waals surface area contributed by atoms with Gasteiger partial charge >= 0.3 is 6.36 Å². The highest BCUT2D eigenvalue weighted by Gasteiger charge is 2.32. The van der Waals surface area contributed by atoms with E-state index < -0.39 is 12.1 Å². The predicted molar refractivity (Wildman–Crippen MR) is 45.1 cm³/mol. The van der Waals surface area contributed by atoms with Crippen LogP contribution in [0.4, 0.5) is 18.9 Å². The molecule has 1 aromatic rings. The number of nitrogens with zero attached hydrogens (tertiary/aromatic N) is 1. The van der Waals surface area contributed by atoms with Crippen molar-refractivity contribution in [2.75, 3.05) is 5.73 Å². The number of aromatic nitrogens is 1. The molecule has 0 aliphatic heterocycles. The molecule has 0 amide bonds. The van der Waals surface area contributed by atoms with E-state index in [1.54, 1.807) is 0 Å². The molecular weight excluding hydrogens is 221 g/mol. The lowest BCUT2D eigenvalue weighted by Gasteiger charge is -2.12. The number of anilines is 1. The summed E-state index contributed by atoms with van der Waals surface area (Å²) in [6, 6.07) is 0.914. The van der Waals surface area contributed by atoms with Crippen LogP contribution in [-0.2, 0) is 0 Å². The minimum absolute atomic E-state index is 0.101. The molecule has 2 N–H and O–H groups in total. The summed E-state index contributed by atoms with van der Waals surface area (Å²) in [6.45, 7) is 1.43. The van der Waals surface area contributed by atoms with Crippen LogP contribution in [0.2, 0.25) is 5.15 Å². The Bertz CT molecular complexity index is 354. The van der Waals surface area contributed by atoms with E-state index in [-0.39, 0.29) is 16.5 Å². The summed E-state index contributed by atoms with van der Waals surface area (Å²) in [5, 5.41) is -0.101. The molecule has 14 heavy (non-hydrogen) atoms. The molecule has 0 aliphatic rings. The normalized spacial score (nSPS) is 11.5. The first-order chi connectivity index (χ1) is 6.29. The van der Waals surface area contributed by atoms with Crippen molar-refractivity contribution in [2.24, 2.45) is 0 Å². The molecule has 7 heteroatoms. The first-order valence-corrected chi connectivity index (χ1v) is 3.86. The van der Waals surface area contributed by atoms with Crippen molar-refractivity contribution in [3.05, 3.63) is 16.9 Å². The molecule has 0 saturated heterocycles. The van der Waals surface area contributed by atoms with E-state index in [1.807, 2.05) is 0 Å². The summed E-state index contributed by atoms with van der Waals surface area (Å²) in [5.41, 5.74) is 5.33. The molecule has 78 valence electrons. The van der Waals surface area contributed by atoms with Gasteiger partial charge in [-0.15, -0.1) is 13.2 Å². The molecule has 0 saturated carbocycles. The monoisotopic (exact) mass is 226 g/mol. The second-order valence-electron chi connectivity index (χ2n) is 2.49. The van der Waals surface area contributed by atoms with Crippen molar-refractivity contribution in [3.8, 4) is 5.75 Å². The van der Waals surface area contributed by atoms with E-state index >= 15 is 0 Å². The van der Waals surface area contributed by atoms with Gasteiger partial charge in [0.05, 0.1) is 11.4 Å². The van der Waals surface area contributed by atoms with Gasteiger partial charge in [-0.1, -0.05) is 11.6 Å². The Labute approximate surface area is 82.6 Å². The largest absolute Gasteiger partial charge is 0.573 e. The molecule has 1 rings (SSSR count). The fraction of sp³-hybridized carbons (Fsp3) is 0.286. The number of alkyl halides is 3. The number of pyridine rings is 1. The fourth-order valence-electron chi connectivity index (χ4n) is 0.826. The number of rotatable bonds is 1. The van der Waals surface area contributed by atoms with Gasteiger partial charge in [0, 0.05) is 6.07 Å². The minimum atomic E-state index is -4.79. The fourth-order valence-corrected chi connectivity index (χ4v) is 1.05. The van der Waals surface area contributed by atoms with Crippen LogP contribution in [0, 0.1) is 6.92 Å². The Morgan fingerprint density at radius 2 is 2.07 bits per heavy atom. The van der Waals surface area contributed by atoms with Gasteiger partial charge in [-0.25, -0.2) is 4.98 Å². The van der Waals surface area contributed by atoms with E-state index in [2.05, 4.69) is 9.72 Å². The highest BCUT2D eigenvalue weighted by atomic mass is 35.5. The van der Waals surface area contributed by atoms with Crippen LogP contribution in [0.1, 0.15) is 5.69 Å². The lowest BCUT2D eigenvalue weighted by molar-refractivity contribution is -0.274. The standard InChI is InChI=1S/C7H6ClF3N2O/c1-3-6(12)4(2-5(8)13-3)14-7(9,10)11/h2H,12H2,1H3. The molecule has 0 fully saturated rings. The summed E-state index contributed by atoms with van der Waals surface area (Å²) >= 11 is 5.44. The quantitative estimate of drug-likeness (QED) is 0.749. The number of hydrogen-bond donors (Lipinski definition) is 1. The lowest BCUT2D eigenvalue weighted by atomic mass is 10.3. The minimum Gasteiger partial charge on any atom is -0.403 e. The first-order valence-electron chi connectivity index (χ1n) is 3.48. The number of nitrogens with two attached hydrogens (primary N) is 1. The van der Waals surface area contributed by atoms with Crippen LogP contribution in [0.5, 0.6) is 5.75 Å². The molecule has 1 aromatic heterocycles. The number of hydrogen-bond acceptors (Lipinski definition) is 3. The van der Waals surface area contributed by atoms with E-state index in [4.69, 9.17) is 17.3 Å². The molecule has 0 spiro atoms. The lowest BCUT2D eigenvalue weighted by Crippen LogP contribution is -2.18. The maximum atomic E-state index is 11.8. The maximum Gasteiger partial charge on any atom is 0.573 e. The third kappa shape index (κ3) is 2.66. The smallest absolute Gasteiger partial charge is 0.403 e. The Morgan fingerprint density at radius 1 is 1.50 bits per heavy atom. The predicted octanol–water partition coefficient (Wildman–Crippen LogP) is 2.52. The van der Waals surface area contributed by atoms with Gasteiger partial charge in [-0.3, -0.25) is 0 Å². The topological polar surface area (TPSA) is 48.1 Å². The van der Waals surface area contributed by atoms with Crippen LogP contribution < -0.4 is 10.5 Å². The molecule has 3 nitrogen and oxygen atoms in total. The van der Waals surface area contributed by atoms with E-state index in [0.29, 0.717) is 0 Å². The van der Waals surface area contributed by atoms with E-state index in [1.165, 1.54) is 6.92 Å². The highest BCUT2D eigenvalue weighted by molar-refractivity contribution is 6.29. The zero-order chi connectivity index (χ0) is 10.9. The van der Waals surface area contributed by atoms with Crippen molar-refractivity contribution in [2.45, 2.75) is 13.3 Å². The molecule has 0 radical (unpaired) electrons. The summed E-state index contributed by atoms with van der Waals surface area (Å²) < 4.78 is 39.2. The van der Waals surface area contributed by atoms with Crippen LogP contribution in [0.3, 0.4) is 0 Å².